The fourth-order valence-corrected chi connectivity index (χ4v) is 3.01. The first kappa shape index (κ1) is 14.0. The minimum absolute atomic E-state index is 0.0451. The van der Waals surface area contributed by atoms with E-state index in [1.807, 2.05) is 0 Å². The highest BCUT2D eigenvalue weighted by molar-refractivity contribution is 7.91. The number of benzene rings is 1. The minimum atomic E-state index is -3.21. The molecule has 1 aliphatic rings. The summed E-state index contributed by atoms with van der Waals surface area (Å²) in [6.07, 6.45) is 0.814. The molecule has 1 aromatic carbocycles. The van der Waals surface area contributed by atoms with Crippen LogP contribution in [0.4, 0.5) is 0 Å². The van der Waals surface area contributed by atoms with Crippen molar-refractivity contribution in [2.24, 2.45) is 5.73 Å². The van der Waals surface area contributed by atoms with Crippen molar-refractivity contribution in [3.8, 4) is 0 Å². The lowest BCUT2D eigenvalue weighted by molar-refractivity contribution is 0.0791. The van der Waals surface area contributed by atoms with Crippen LogP contribution >= 0.6 is 0 Å². The van der Waals surface area contributed by atoms with Crippen molar-refractivity contribution in [2.75, 3.05) is 18.8 Å². The molecule has 1 aromatic rings. The molecule has 0 saturated carbocycles. The van der Waals surface area contributed by atoms with Gasteiger partial charge in [0.2, 0.25) is 0 Å². The predicted octanol–water partition coefficient (Wildman–Crippen LogP) is 0.653. The van der Waals surface area contributed by atoms with Crippen LogP contribution in [0.25, 0.3) is 0 Å². The van der Waals surface area contributed by atoms with Gasteiger partial charge < -0.3 is 10.6 Å². The summed E-state index contributed by atoms with van der Waals surface area (Å²) in [5.74, 6) is -0.0326. The van der Waals surface area contributed by atoms with Gasteiger partial charge in [-0.3, -0.25) is 4.79 Å². The van der Waals surface area contributed by atoms with Gasteiger partial charge in [0.15, 0.2) is 9.84 Å². The third-order valence-electron chi connectivity index (χ3n) is 3.35. The van der Waals surface area contributed by atoms with Crippen molar-refractivity contribution in [3.63, 3.8) is 0 Å². The molecule has 5 nitrogen and oxygen atoms in total. The predicted molar refractivity (Wildman–Crippen MR) is 72.7 cm³/mol. The Hall–Kier alpha value is -1.40. The summed E-state index contributed by atoms with van der Waals surface area (Å²) in [7, 11) is -3.21. The number of carbonyl (C=O) groups is 1. The zero-order chi connectivity index (χ0) is 14.0. The number of hydrogen-bond acceptors (Lipinski definition) is 4. The number of rotatable bonds is 3. The van der Waals surface area contributed by atoms with Crippen molar-refractivity contribution < 1.29 is 13.2 Å². The molecule has 0 spiro atoms. The molecular weight excluding hydrogens is 264 g/mol. The highest BCUT2D eigenvalue weighted by Crippen LogP contribution is 2.16. The molecule has 0 aliphatic carbocycles. The third-order valence-corrected chi connectivity index (χ3v) is 5.10. The number of carbonyl (C=O) groups excluding carboxylic acids is 1. The number of hydrogen-bond donors (Lipinski definition) is 1. The molecule has 6 heteroatoms. The summed E-state index contributed by atoms with van der Waals surface area (Å²) in [6, 6.07) is 6.15. The van der Waals surface area contributed by atoms with E-state index >= 15 is 0 Å². The first-order valence-corrected chi connectivity index (χ1v) is 7.97. The first-order chi connectivity index (χ1) is 8.94. The maximum atomic E-state index is 12.1. The molecule has 1 aliphatic heterocycles. The Morgan fingerprint density at radius 2 is 2.00 bits per heavy atom. The number of nitrogens with zero attached hydrogens (tertiary/aromatic N) is 1. The Bertz CT molecular complexity index is 566. The maximum Gasteiger partial charge on any atom is 0.253 e. The van der Waals surface area contributed by atoms with Crippen LogP contribution in [0.2, 0.25) is 0 Å². The van der Waals surface area contributed by atoms with E-state index in [1.165, 1.54) is 12.1 Å². The summed E-state index contributed by atoms with van der Waals surface area (Å²) >= 11 is 0. The number of sulfone groups is 1. The van der Waals surface area contributed by atoms with Gasteiger partial charge in [0.25, 0.3) is 5.91 Å². The molecule has 1 fully saturated rings. The molecule has 104 valence electrons. The summed E-state index contributed by atoms with van der Waals surface area (Å²) in [5, 5.41) is 0. The van der Waals surface area contributed by atoms with E-state index in [1.54, 1.807) is 24.0 Å². The Labute approximate surface area is 113 Å². The lowest BCUT2D eigenvalue weighted by Crippen LogP contribution is -2.31. The zero-order valence-electron chi connectivity index (χ0n) is 10.9. The molecule has 19 heavy (non-hydrogen) atoms. The number of amides is 1. The lowest BCUT2D eigenvalue weighted by Gasteiger charge is -2.15. The van der Waals surface area contributed by atoms with Gasteiger partial charge >= 0.3 is 0 Å². The Kier molecular flexibility index (Phi) is 3.91. The number of nitrogens with two attached hydrogens (primary N) is 1. The second kappa shape index (κ2) is 5.30. The molecule has 2 N–H and O–H groups in total. The van der Waals surface area contributed by atoms with Crippen LogP contribution in [-0.4, -0.2) is 44.1 Å². The molecule has 1 saturated heterocycles. The standard InChI is InChI=1S/C13H18N2O3S/c1-2-19(17,18)12-5-3-10(4-6-12)13(16)15-8-7-11(14)9-15/h3-6,11H,2,7-9,14H2,1H3/t11-/m1/s1. The first-order valence-electron chi connectivity index (χ1n) is 6.31. The summed E-state index contributed by atoms with van der Waals surface area (Å²) in [6.45, 7) is 2.82. The average molecular weight is 282 g/mol. The van der Waals surface area contributed by atoms with E-state index in [4.69, 9.17) is 5.73 Å². The zero-order valence-corrected chi connectivity index (χ0v) is 11.7. The average Bonchev–Trinajstić information content (AvgIpc) is 2.85. The van der Waals surface area contributed by atoms with Gasteiger partial charge in [0.1, 0.15) is 0 Å². The molecule has 2 rings (SSSR count). The van der Waals surface area contributed by atoms with Gasteiger partial charge in [0.05, 0.1) is 10.6 Å². The highest BCUT2D eigenvalue weighted by Gasteiger charge is 2.24. The fourth-order valence-electron chi connectivity index (χ4n) is 2.13. The SMILES string of the molecule is CCS(=O)(=O)c1ccc(C(=O)N2CC[C@@H](N)C2)cc1. The van der Waals surface area contributed by atoms with Gasteiger partial charge in [0, 0.05) is 24.7 Å². The van der Waals surface area contributed by atoms with Crippen molar-refractivity contribution in [3.05, 3.63) is 29.8 Å². The van der Waals surface area contributed by atoms with Crippen LogP contribution in [-0.2, 0) is 9.84 Å². The Morgan fingerprint density at radius 1 is 1.37 bits per heavy atom. The van der Waals surface area contributed by atoms with Crippen LogP contribution in [0.3, 0.4) is 0 Å². The van der Waals surface area contributed by atoms with E-state index in [0.29, 0.717) is 18.7 Å². The lowest BCUT2D eigenvalue weighted by atomic mass is 10.2. The van der Waals surface area contributed by atoms with Crippen LogP contribution in [0.5, 0.6) is 0 Å². The summed E-state index contributed by atoms with van der Waals surface area (Å²) in [4.78, 5) is 14.1. The summed E-state index contributed by atoms with van der Waals surface area (Å²) < 4.78 is 23.3. The molecule has 0 aromatic heterocycles. The van der Waals surface area contributed by atoms with Crippen molar-refractivity contribution in [1.82, 2.24) is 4.90 Å². The molecule has 0 unspecified atom stereocenters. The van der Waals surface area contributed by atoms with Gasteiger partial charge in [-0.25, -0.2) is 8.42 Å². The minimum Gasteiger partial charge on any atom is -0.337 e. The molecule has 1 heterocycles. The van der Waals surface area contributed by atoms with E-state index in [-0.39, 0.29) is 22.6 Å². The molecule has 1 atom stereocenters. The van der Waals surface area contributed by atoms with Crippen LogP contribution in [0.15, 0.2) is 29.2 Å². The van der Waals surface area contributed by atoms with Crippen molar-refractivity contribution in [1.29, 1.82) is 0 Å². The molecule has 1 amide bonds. The monoisotopic (exact) mass is 282 g/mol. The van der Waals surface area contributed by atoms with Gasteiger partial charge in [-0.1, -0.05) is 6.92 Å². The largest absolute Gasteiger partial charge is 0.337 e. The van der Waals surface area contributed by atoms with E-state index in [9.17, 15) is 13.2 Å². The number of likely N-dealkylation sites (tertiary alicyclic amines) is 1. The maximum absolute atomic E-state index is 12.1. The smallest absolute Gasteiger partial charge is 0.253 e. The highest BCUT2D eigenvalue weighted by atomic mass is 32.2. The Balaban J connectivity index is 2.17. The molecule has 0 bridgehead atoms. The van der Waals surface area contributed by atoms with Gasteiger partial charge in [-0.05, 0) is 30.7 Å². The van der Waals surface area contributed by atoms with Crippen molar-refractivity contribution in [2.45, 2.75) is 24.3 Å². The van der Waals surface area contributed by atoms with E-state index in [2.05, 4.69) is 0 Å². The quantitative estimate of drug-likeness (QED) is 0.883. The van der Waals surface area contributed by atoms with Crippen LogP contribution in [0.1, 0.15) is 23.7 Å². The van der Waals surface area contributed by atoms with E-state index in [0.717, 1.165) is 6.42 Å². The van der Waals surface area contributed by atoms with Gasteiger partial charge in [-0.15, -0.1) is 0 Å². The van der Waals surface area contributed by atoms with Crippen LogP contribution < -0.4 is 5.73 Å². The topological polar surface area (TPSA) is 80.5 Å². The normalized spacial score (nSPS) is 19.7. The third kappa shape index (κ3) is 2.96. The molecular formula is C13H18N2O3S. The van der Waals surface area contributed by atoms with Crippen LogP contribution in [0, 0.1) is 0 Å². The van der Waals surface area contributed by atoms with E-state index < -0.39 is 9.84 Å². The van der Waals surface area contributed by atoms with Crippen molar-refractivity contribution >= 4 is 15.7 Å². The second-order valence-corrected chi connectivity index (χ2v) is 7.01. The second-order valence-electron chi connectivity index (χ2n) is 4.73. The van der Waals surface area contributed by atoms with Gasteiger partial charge in [-0.2, -0.15) is 0 Å². The Morgan fingerprint density at radius 3 is 2.47 bits per heavy atom. The summed E-state index contributed by atoms with van der Waals surface area (Å²) in [5.41, 5.74) is 6.27. The molecule has 0 radical (unpaired) electrons. The fraction of sp³-hybridized carbons (Fsp3) is 0.462.